The van der Waals surface area contributed by atoms with Crippen molar-refractivity contribution < 1.29 is 35.5 Å². The molecule has 0 aliphatic carbocycles. The van der Waals surface area contributed by atoms with Crippen LogP contribution in [0.25, 0.3) is 11.1 Å². The van der Waals surface area contributed by atoms with Crippen LogP contribution in [-0.4, -0.2) is 83.6 Å². The molecule has 0 aromatic heterocycles. The van der Waals surface area contributed by atoms with Crippen LogP contribution in [0, 0.1) is 17.0 Å². The molecule has 1 fully saturated rings. The second-order valence-corrected chi connectivity index (χ2v) is 14.6. The molecule has 226 valence electrons. The lowest BCUT2D eigenvalue weighted by molar-refractivity contribution is 0.0318. The molecule has 2 N–H and O–H groups in total. The Morgan fingerprint density at radius 3 is 2.40 bits per heavy atom. The quantitative estimate of drug-likeness (QED) is 0.462. The van der Waals surface area contributed by atoms with Gasteiger partial charge < -0.3 is 14.7 Å². The topological polar surface area (TPSA) is 116 Å². The van der Waals surface area contributed by atoms with Crippen LogP contribution >= 0.6 is 0 Å². The summed E-state index contributed by atoms with van der Waals surface area (Å²) in [5, 5.41) is 10.6. The van der Waals surface area contributed by atoms with Gasteiger partial charge in [-0.3, -0.25) is 0 Å². The Balaban J connectivity index is 1.46. The second kappa shape index (κ2) is 12.0. The van der Waals surface area contributed by atoms with E-state index in [1.165, 1.54) is 10.4 Å². The Labute approximate surface area is 244 Å². The van der Waals surface area contributed by atoms with Gasteiger partial charge in [0, 0.05) is 44.2 Å². The first-order valence-electron chi connectivity index (χ1n) is 13.5. The molecule has 2 heterocycles. The molecule has 1 spiro atoms. The van der Waals surface area contributed by atoms with Crippen LogP contribution in [-0.2, 0) is 20.0 Å². The van der Waals surface area contributed by atoms with E-state index in [0.717, 1.165) is 23.3 Å². The summed E-state index contributed by atoms with van der Waals surface area (Å²) in [7, 11) is -6.45. The van der Waals surface area contributed by atoms with Crippen molar-refractivity contribution in [2.75, 3.05) is 46.4 Å². The predicted octanol–water partition coefficient (Wildman–Crippen LogP) is 3.07. The minimum atomic E-state index is -4.22. The maximum Gasteiger partial charge on any atom is 0.245 e. The number of fused-ring (bicyclic) bond motifs is 1. The third kappa shape index (κ3) is 6.51. The molecule has 3 aromatic carbocycles. The van der Waals surface area contributed by atoms with Crippen LogP contribution in [0.5, 0.6) is 5.75 Å². The van der Waals surface area contributed by atoms with Gasteiger partial charge in [0.15, 0.2) is 0 Å². The first kappa shape index (κ1) is 30.5. The van der Waals surface area contributed by atoms with E-state index >= 15 is 0 Å². The summed E-state index contributed by atoms with van der Waals surface area (Å²) in [5.74, 6) is -1.88. The zero-order chi connectivity index (χ0) is 30.1. The van der Waals surface area contributed by atoms with E-state index < -0.39 is 48.1 Å². The summed E-state index contributed by atoms with van der Waals surface area (Å²) in [6, 6.07) is 16.6. The molecule has 5 rings (SSSR count). The number of aliphatic hydroxyl groups excluding tert-OH is 1. The highest BCUT2D eigenvalue weighted by atomic mass is 32.2. The molecule has 1 unspecified atom stereocenters. The van der Waals surface area contributed by atoms with Crippen LogP contribution in [0.4, 0.5) is 8.78 Å². The Kier molecular flexibility index (Phi) is 8.70. The molecule has 0 amide bonds. The molecule has 9 nitrogen and oxygen atoms in total. The fraction of sp³-hybridized carbons (Fsp3) is 0.379. The number of benzene rings is 3. The first-order chi connectivity index (χ1) is 19.9. The zero-order valence-electron chi connectivity index (χ0n) is 23.0. The second-order valence-electron chi connectivity index (χ2n) is 11.0. The number of ether oxygens (including phenoxy) is 1. The highest BCUT2D eigenvalue weighted by Gasteiger charge is 2.41. The third-order valence-corrected chi connectivity index (χ3v) is 11.2. The first-order valence-corrected chi connectivity index (χ1v) is 16.4. The van der Waals surface area contributed by atoms with Crippen LogP contribution in [0.15, 0.2) is 76.5 Å². The van der Waals surface area contributed by atoms with Crippen molar-refractivity contribution in [3.8, 4) is 16.9 Å². The molecule has 13 heteroatoms. The fourth-order valence-electron chi connectivity index (χ4n) is 5.60. The van der Waals surface area contributed by atoms with E-state index in [-0.39, 0.29) is 43.4 Å². The average molecular weight is 622 g/mol. The van der Waals surface area contributed by atoms with Crippen molar-refractivity contribution in [1.82, 2.24) is 13.9 Å². The van der Waals surface area contributed by atoms with E-state index in [1.807, 2.05) is 35.2 Å². The maximum atomic E-state index is 14.4. The Bertz CT molecular complexity index is 1650. The van der Waals surface area contributed by atoms with E-state index in [4.69, 9.17) is 4.74 Å². The van der Waals surface area contributed by atoms with Crippen molar-refractivity contribution in [3.05, 3.63) is 78.4 Å². The number of rotatable bonds is 3. The normalized spacial score (nSPS) is 22.0. The number of nitrogens with zero attached hydrogens (tertiary/aromatic N) is 2. The molecule has 2 aliphatic rings. The number of hydrogen-bond acceptors (Lipinski definition) is 7. The highest BCUT2D eigenvalue weighted by molar-refractivity contribution is 7.89. The van der Waals surface area contributed by atoms with Gasteiger partial charge in [-0.05, 0) is 55.3 Å². The fourth-order valence-corrected chi connectivity index (χ4v) is 8.29. The maximum absolute atomic E-state index is 14.4. The lowest BCUT2D eigenvalue weighted by Crippen LogP contribution is -2.51. The van der Waals surface area contributed by atoms with Gasteiger partial charge in [0.1, 0.15) is 27.2 Å². The molecule has 1 atom stereocenters. The van der Waals surface area contributed by atoms with Crippen LogP contribution in [0.3, 0.4) is 0 Å². The van der Waals surface area contributed by atoms with Gasteiger partial charge in [0.25, 0.3) is 0 Å². The number of β-amino-alcohol motifs (C(OH)–C–C–N with tert-alkyl or cyclic N) is 1. The Morgan fingerprint density at radius 1 is 1.00 bits per heavy atom. The number of sulfonamides is 2. The molecule has 2 aliphatic heterocycles. The van der Waals surface area contributed by atoms with Crippen LogP contribution in [0.1, 0.15) is 12.8 Å². The SMILES string of the molecule is CN1CC(O)CNS(=O)(=O)c2ccc(-c3ccccc3)cc2OCC2(CCN(S(=O)(=O)c3ccc(F)cc3F)CC2)C1. The van der Waals surface area contributed by atoms with Crippen molar-refractivity contribution in [1.29, 1.82) is 0 Å². The van der Waals surface area contributed by atoms with Gasteiger partial charge in [-0.2, -0.15) is 4.31 Å². The molecule has 0 saturated carbocycles. The van der Waals surface area contributed by atoms with Gasteiger partial charge >= 0.3 is 0 Å². The van der Waals surface area contributed by atoms with E-state index in [9.17, 15) is 30.7 Å². The number of aliphatic hydroxyl groups is 1. The summed E-state index contributed by atoms with van der Waals surface area (Å²) in [6.07, 6.45) is -0.335. The van der Waals surface area contributed by atoms with Gasteiger partial charge in [0.2, 0.25) is 20.0 Å². The monoisotopic (exact) mass is 621 g/mol. The number of hydrogen-bond donors (Lipinski definition) is 2. The standard InChI is InChI=1S/C29H33F2N3O6S2/c1-33-18-24(35)17-32-41(36,37)28-9-7-22(21-5-3-2-4-6-21)15-26(28)40-20-29(19-33)11-13-34(14-12-29)42(38,39)27-10-8-23(30)16-25(27)31/h2-10,15-16,24,32,35H,11-14,17-20H2,1H3. The molecular formula is C29H33F2N3O6S2. The van der Waals surface area contributed by atoms with Gasteiger partial charge in [-0.15, -0.1) is 0 Å². The molecular weight excluding hydrogens is 588 g/mol. The molecule has 42 heavy (non-hydrogen) atoms. The summed E-state index contributed by atoms with van der Waals surface area (Å²) in [5.41, 5.74) is 1.01. The van der Waals surface area contributed by atoms with Crippen molar-refractivity contribution in [2.45, 2.75) is 28.7 Å². The van der Waals surface area contributed by atoms with E-state index in [1.54, 1.807) is 19.2 Å². The van der Waals surface area contributed by atoms with Crippen molar-refractivity contribution in [2.24, 2.45) is 5.41 Å². The van der Waals surface area contributed by atoms with Crippen LogP contribution < -0.4 is 9.46 Å². The van der Waals surface area contributed by atoms with E-state index in [0.29, 0.717) is 25.5 Å². The molecule has 1 saturated heterocycles. The van der Waals surface area contributed by atoms with E-state index in [2.05, 4.69) is 4.72 Å². The summed E-state index contributed by atoms with van der Waals surface area (Å²) >= 11 is 0. The summed E-state index contributed by atoms with van der Waals surface area (Å²) in [6.45, 7) is 0.587. The predicted molar refractivity (Wildman–Crippen MR) is 153 cm³/mol. The zero-order valence-corrected chi connectivity index (χ0v) is 24.7. The van der Waals surface area contributed by atoms with Crippen molar-refractivity contribution in [3.63, 3.8) is 0 Å². The molecule has 3 aromatic rings. The number of piperidine rings is 1. The molecule has 0 bridgehead atoms. The van der Waals surface area contributed by atoms with Gasteiger partial charge in [0.05, 0.1) is 12.7 Å². The largest absolute Gasteiger partial charge is 0.492 e. The van der Waals surface area contributed by atoms with Gasteiger partial charge in [-0.1, -0.05) is 36.4 Å². The minimum Gasteiger partial charge on any atom is -0.492 e. The third-order valence-electron chi connectivity index (χ3n) is 7.81. The highest BCUT2D eigenvalue weighted by Crippen LogP contribution is 2.38. The lowest BCUT2D eigenvalue weighted by Gasteiger charge is -2.43. The van der Waals surface area contributed by atoms with Crippen LogP contribution in [0.2, 0.25) is 0 Å². The number of halogens is 2. The molecule has 0 radical (unpaired) electrons. The smallest absolute Gasteiger partial charge is 0.245 e. The Morgan fingerprint density at radius 2 is 1.71 bits per heavy atom. The summed E-state index contributed by atoms with van der Waals surface area (Å²) < 4.78 is 90.7. The lowest BCUT2D eigenvalue weighted by atomic mass is 9.79. The van der Waals surface area contributed by atoms with Gasteiger partial charge in [-0.25, -0.2) is 30.3 Å². The number of likely N-dealkylation sites (N-methyl/N-ethyl adjacent to an activating group) is 1. The minimum absolute atomic E-state index is 0.0513. The van der Waals surface area contributed by atoms with Crippen molar-refractivity contribution >= 4 is 20.0 Å². The summed E-state index contributed by atoms with van der Waals surface area (Å²) in [4.78, 5) is 1.22. The Hall–Kier alpha value is -2.94. The number of nitrogens with one attached hydrogen (secondary N) is 1. The average Bonchev–Trinajstić information content (AvgIpc) is 2.95.